The van der Waals surface area contributed by atoms with E-state index < -0.39 is 10.0 Å². The largest absolute Gasteiger partial charge is 0.283 e. The number of hydrogen-bond donors (Lipinski definition) is 1. The van der Waals surface area contributed by atoms with Crippen molar-refractivity contribution in [1.82, 2.24) is 25.2 Å². The maximum atomic E-state index is 12.2. The molecule has 0 fully saturated rings. The molecule has 0 aliphatic heterocycles. The van der Waals surface area contributed by atoms with Gasteiger partial charge in [0.2, 0.25) is 10.2 Å². The Morgan fingerprint density at radius 2 is 2.05 bits per heavy atom. The summed E-state index contributed by atoms with van der Waals surface area (Å²) >= 11 is 4.28. The van der Waals surface area contributed by atoms with Crippen molar-refractivity contribution in [1.29, 1.82) is 0 Å². The second kappa shape index (κ2) is 5.74. The molecule has 8 nitrogen and oxygen atoms in total. The molecule has 0 aliphatic rings. The van der Waals surface area contributed by atoms with E-state index >= 15 is 0 Å². The SMILES string of the molecule is CC(C)Cc1nnc(NS(=O)(=O)c2c(Br)nnn2C)s1. The summed E-state index contributed by atoms with van der Waals surface area (Å²) < 4.78 is 28.2. The van der Waals surface area contributed by atoms with Gasteiger partial charge in [-0.3, -0.25) is 4.72 Å². The van der Waals surface area contributed by atoms with Gasteiger partial charge in [-0.2, -0.15) is 8.42 Å². The van der Waals surface area contributed by atoms with Gasteiger partial charge in [-0.1, -0.05) is 30.4 Å². The number of nitrogens with one attached hydrogen (secondary N) is 1. The van der Waals surface area contributed by atoms with Crippen molar-refractivity contribution in [2.24, 2.45) is 13.0 Å². The fourth-order valence-electron chi connectivity index (χ4n) is 1.50. The van der Waals surface area contributed by atoms with E-state index in [1.165, 1.54) is 23.1 Å². The van der Waals surface area contributed by atoms with E-state index in [2.05, 4.69) is 55.0 Å². The minimum Gasteiger partial charge on any atom is -0.252 e. The first kappa shape index (κ1) is 15.3. The Balaban J connectivity index is 2.23. The highest BCUT2D eigenvalue weighted by atomic mass is 79.9. The number of anilines is 1. The van der Waals surface area contributed by atoms with Crippen LogP contribution in [0, 0.1) is 5.92 Å². The van der Waals surface area contributed by atoms with Crippen LogP contribution in [0.3, 0.4) is 0 Å². The van der Waals surface area contributed by atoms with Gasteiger partial charge in [-0.25, -0.2) is 4.68 Å². The van der Waals surface area contributed by atoms with E-state index in [-0.39, 0.29) is 14.8 Å². The first-order valence-electron chi connectivity index (χ1n) is 5.70. The third-order valence-corrected chi connectivity index (χ3v) is 5.48. The van der Waals surface area contributed by atoms with Gasteiger partial charge in [0.05, 0.1) is 0 Å². The van der Waals surface area contributed by atoms with Crippen molar-refractivity contribution < 1.29 is 8.42 Å². The van der Waals surface area contributed by atoms with E-state index in [9.17, 15) is 8.42 Å². The van der Waals surface area contributed by atoms with Gasteiger partial charge in [-0.05, 0) is 21.8 Å². The van der Waals surface area contributed by atoms with E-state index in [0.29, 0.717) is 5.92 Å². The van der Waals surface area contributed by atoms with Crippen LogP contribution in [-0.4, -0.2) is 33.6 Å². The van der Waals surface area contributed by atoms with Crippen LogP contribution in [0.25, 0.3) is 0 Å². The molecule has 110 valence electrons. The summed E-state index contributed by atoms with van der Waals surface area (Å²) in [4.78, 5) is 0. The van der Waals surface area contributed by atoms with Gasteiger partial charge in [0.25, 0.3) is 10.0 Å². The zero-order chi connectivity index (χ0) is 14.9. The Morgan fingerprint density at radius 1 is 1.35 bits per heavy atom. The lowest BCUT2D eigenvalue weighted by Crippen LogP contribution is -2.17. The number of nitrogens with zero attached hydrogens (tertiary/aromatic N) is 5. The van der Waals surface area contributed by atoms with Crippen LogP contribution < -0.4 is 4.72 Å². The molecule has 1 N–H and O–H groups in total. The summed E-state index contributed by atoms with van der Waals surface area (Å²) in [7, 11) is -2.30. The maximum absolute atomic E-state index is 12.2. The molecular weight excluding hydrogens is 368 g/mol. The lowest BCUT2D eigenvalue weighted by atomic mass is 10.1. The highest BCUT2D eigenvalue weighted by Gasteiger charge is 2.25. The molecule has 0 saturated heterocycles. The number of halogens is 1. The molecule has 0 atom stereocenters. The molecule has 0 spiro atoms. The predicted octanol–water partition coefficient (Wildman–Crippen LogP) is 1.43. The minimum atomic E-state index is -3.80. The molecule has 0 aromatic carbocycles. The maximum Gasteiger partial charge on any atom is 0.283 e. The van der Waals surface area contributed by atoms with Crippen LogP contribution >= 0.6 is 27.3 Å². The fourth-order valence-corrected chi connectivity index (χ4v) is 4.78. The zero-order valence-corrected chi connectivity index (χ0v) is 14.3. The first-order chi connectivity index (χ1) is 9.29. The van der Waals surface area contributed by atoms with Crippen LogP contribution in [0.15, 0.2) is 9.63 Å². The summed E-state index contributed by atoms with van der Waals surface area (Å²) in [6.07, 6.45) is 0.760. The van der Waals surface area contributed by atoms with Crippen LogP contribution in [-0.2, 0) is 23.5 Å². The molecular formula is C9H13BrN6O2S2. The van der Waals surface area contributed by atoms with E-state index in [4.69, 9.17) is 0 Å². The van der Waals surface area contributed by atoms with Gasteiger partial charge in [-0.15, -0.1) is 15.3 Å². The zero-order valence-electron chi connectivity index (χ0n) is 11.0. The number of hydrogen-bond acceptors (Lipinski definition) is 7. The van der Waals surface area contributed by atoms with Gasteiger partial charge >= 0.3 is 0 Å². The molecule has 0 bridgehead atoms. The molecule has 20 heavy (non-hydrogen) atoms. The van der Waals surface area contributed by atoms with Gasteiger partial charge in [0.1, 0.15) is 5.01 Å². The molecule has 0 amide bonds. The van der Waals surface area contributed by atoms with Crippen molar-refractivity contribution in [2.75, 3.05) is 4.72 Å². The van der Waals surface area contributed by atoms with Crippen molar-refractivity contribution in [3.05, 3.63) is 9.61 Å². The summed E-state index contributed by atoms with van der Waals surface area (Å²) in [6, 6.07) is 0. The number of aryl methyl sites for hydroxylation is 1. The fraction of sp³-hybridized carbons (Fsp3) is 0.556. The normalized spacial score (nSPS) is 12.1. The smallest absolute Gasteiger partial charge is 0.252 e. The highest BCUT2D eigenvalue weighted by molar-refractivity contribution is 9.10. The molecule has 0 saturated carbocycles. The van der Waals surface area contributed by atoms with Crippen molar-refractivity contribution in [3.63, 3.8) is 0 Å². The molecule has 2 aromatic heterocycles. The molecule has 2 aromatic rings. The molecule has 2 heterocycles. The monoisotopic (exact) mass is 380 g/mol. The third kappa shape index (κ3) is 3.33. The quantitative estimate of drug-likeness (QED) is 0.841. The number of rotatable bonds is 5. The molecule has 0 aliphatic carbocycles. The first-order valence-corrected chi connectivity index (χ1v) is 8.79. The Kier molecular flexibility index (Phi) is 4.39. The minimum absolute atomic E-state index is 0.0573. The topological polar surface area (TPSA) is 103 Å². The van der Waals surface area contributed by atoms with Crippen molar-refractivity contribution in [3.8, 4) is 0 Å². The Labute approximate surface area is 128 Å². The molecule has 11 heteroatoms. The molecule has 2 rings (SSSR count). The molecule has 0 radical (unpaired) electrons. The van der Waals surface area contributed by atoms with E-state index in [0.717, 1.165) is 11.4 Å². The lowest BCUT2D eigenvalue weighted by Gasteiger charge is -2.04. The summed E-state index contributed by atoms with van der Waals surface area (Å²) in [5, 5.41) is 16.0. The predicted molar refractivity (Wildman–Crippen MR) is 78.0 cm³/mol. The Morgan fingerprint density at radius 3 is 2.60 bits per heavy atom. The van der Waals surface area contributed by atoms with Gasteiger partial charge in [0, 0.05) is 13.5 Å². The summed E-state index contributed by atoms with van der Waals surface area (Å²) in [5.74, 6) is 0.433. The van der Waals surface area contributed by atoms with E-state index in [1.54, 1.807) is 0 Å². The second-order valence-electron chi connectivity index (χ2n) is 4.51. The van der Waals surface area contributed by atoms with Gasteiger partial charge < -0.3 is 0 Å². The van der Waals surface area contributed by atoms with E-state index in [1.807, 2.05) is 0 Å². The van der Waals surface area contributed by atoms with Crippen molar-refractivity contribution >= 4 is 42.4 Å². The number of aromatic nitrogens is 5. The second-order valence-corrected chi connectivity index (χ2v) is 7.92. The lowest BCUT2D eigenvalue weighted by molar-refractivity contribution is 0.578. The average Bonchev–Trinajstić information content (AvgIpc) is 2.85. The van der Waals surface area contributed by atoms with Crippen LogP contribution in [0.5, 0.6) is 0 Å². The standard InChI is InChI=1S/C9H13BrN6O2S2/c1-5(2)4-6-11-13-9(19-6)14-20(17,18)8-7(10)12-15-16(8)3/h5H,4H2,1-3H3,(H,13,14). The van der Waals surface area contributed by atoms with Crippen LogP contribution in [0.2, 0.25) is 0 Å². The third-order valence-electron chi connectivity index (χ3n) is 2.26. The summed E-state index contributed by atoms with van der Waals surface area (Å²) in [6.45, 7) is 4.12. The average molecular weight is 381 g/mol. The van der Waals surface area contributed by atoms with Crippen molar-refractivity contribution in [2.45, 2.75) is 25.3 Å². The van der Waals surface area contributed by atoms with Crippen LogP contribution in [0.4, 0.5) is 5.13 Å². The van der Waals surface area contributed by atoms with Crippen LogP contribution in [0.1, 0.15) is 18.9 Å². The van der Waals surface area contributed by atoms with Gasteiger partial charge in [0.15, 0.2) is 4.60 Å². The Bertz CT molecular complexity index is 688. The highest BCUT2D eigenvalue weighted by Crippen LogP contribution is 2.24. The summed E-state index contributed by atoms with van der Waals surface area (Å²) in [5.41, 5.74) is 0. The Hall–Kier alpha value is -1.07. The molecule has 0 unspecified atom stereocenters. The number of sulfonamides is 1.